The highest BCUT2D eigenvalue weighted by Crippen LogP contribution is 2.43. The van der Waals surface area contributed by atoms with E-state index in [4.69, 9.17) is 10.5 Å². The van der Waals surface area contributed by atoms with Crippen LogP contribution in [0.3, 0.4) is 0 Å². The predicted molar refractivity (Wildman–Crippen MR) is 79.1 cm³/mol. The number of hydrogen-bond acceptors (Lipinski definition) is 3. The molecule has 0 unspecified atom stereocenters. The Morgan fingerprint density at radius 3 is 2.50 bits per heavy atom. The van der Waals surface area contributed by atoms with Crippen molar-refractivity contribution in [1.29, 1.82) is 0 Å². The van der Waals surface area contributed by atoms with E-state index >= 15 is 0 Å². The van der Waals surface area contributed by atoms with E-state index in [-0.39, 0.29) is 11.6 Å². The van der Waals surface area contributed by atoms with E-state index in [0.29, 0.717) is 6.61 Å². The van der Waals surface area contributed by atoms with Gasteiger partial charge in [-0.1, -0.05) is 36.4 Å². The SMILES string of the molecule is N[C@@H](Cc1ccccn1)C1(OCc2ccccc2)CC1. The number of benzene rings is 1. The lowest BCUT2D eigenvalue weighted by Gasteiger charge is -2.23. The van der Waals surface area contributed by atoms with Crippen LogP contribution in [0.15, 0.2) is 54.7 Å². The van der Waals surface area contributed by atoms with Crippen molar-refractivity contribution in [1.82, 2.24) is 4.98 Å². The van der Waals surface area contributed by atoms with Gasteiger partial charge in [-0.25, -0.2) is 0 Å². The fourth-order valence-electron chi connectivity index (χ4n) is 2.48. The van der Waals surface area contributed by atoms with E-state index in [9.17, 15) is 0 Å². The van der Waals surface area contributed by atoms with E-state index in [2.05, 4.69) is 17.1 Å². The summed E-state index contributed by atoms with van der Waals surface area (Å²) in [4.78, 5) is 4.34. The molecule has 0 bridgehead atoms. The molecule has 0 saturated heterocycles. The second-order valence-electron chi connectivity index (χ2n) is 5.47. The van der Waals surface area contributed by atoms with Crippen LogP contribution >= 0.6 is 0 Å². The summed E-state index contributed by atoms with van der Waals surface area (Å²) in [6, 6.07) is 16.2. The second-order valence-corrected chi connectivity index (χ2v) is 5.47. The van der Waals surface area contributed by atoms with E-state index in [0.717, 1.165) is 25.0 Å². The van der Waals surface area contributed by atoms with Gasteiger partial charge >= 0.3 is 0 Å². The Morgan fingerprint density at radius 1 is 1.10 bits per heavy atom. The molecule has 1 fully saturated rings. The molecule has 2 N–H and O–H groups in total. The van der Waals surface area contributed by atoms with Crippen molar-refractivity contribution >= 4 is 0 Å². The molecular weight excluding hydrogens is 248 g/mol. The first-order valence-electron chi connectivity index (χ1n) is 7.12. The largest absolute Gasteiger partial charge is 0.369 e. The number of nitrogens with zero attached hydrogens (tertiary/aromatic N) is 1. The first kappa shape index (κ1) is 13.3. The highest BCUT2D eigenvalue weighted by atomic mass is 16.5. The van der Waals surface area contributed by atoms with Crippen LogP contribution in [0.4, 0.5) is 0 Å². The van der Waals surface area contributed by atoms with E-state index < -0.39 is 0 Å². The third kappa shape index (κ3) is 3.06. The van der Waals surface area contributed by atoms with Gasteiger partial charge in [0.2, 0.25) is 0 Å². The molecule has 1 aromatic heterocycles. The summed E-state index contributed by atoms with van der Waals surface area (Å²) in [7, 11) is 0. The van der Waals surface area contributed by atoms with Crippen molar-refractivity contribution in [2.75, 3.05) is 0 Å². The van der Waals surface area contributed by atoms with Gasteiger partial charge in [0.05, 0.1) is 12.2 Å². The highest BCUT2D eigenvalue weighted by molar-refractivity contribution is 5.15. The lowest BCUT2D eigenvalue weighted by atomic mass is 10.0. The Hall–Kier alpha value is -1.71. The number of hydrogen-bond donors (Lipinski definition) is 1. The van der Waals surface area contributed by atoms with Crippen molar-refractivity contribution in [3.63, 3.8) is 0 Å². The maximum atomic E-state index is 6.35. The fourth-order valence-corrected chi connectivity index (χ4v) is 2.48. The summed E-state index contributed by atoms with van der Waals surface area (Å²) in [5.74, 6) is 0. The maximum Gasteiger partial charge on any atom is 0.0843 e. The summed E-state index contributed by atoms with van der Waals surface area (Å²) in [6.07, 6.45) is 4.68. The molecule has 1 atom stereocenters. The molecule has 0 aliphatic heterocycles. The second kappa shape index (κ2) is 5.73. The number of rotatable bonds is 6. The highest BCUT2D eigenvalue weighted by Gasteiger charge is 2.49. The van der Waals surface area contributed by atoms with Crippen molar-refractivity contribution < 1.29 is 4.74 Å². The van der Waals surface area contributed by atoms with Gasteiger partial charge in [-0.15, -0.1) is 0 Å². The molecular formula is C17H20N2O. The monoisotopic (exact) mass is 268 g/mol. The van der Waals surface area contributed by atoms with Crippen LogP contribution in [0.2, 0.25) is 0 Å². The average molecular weight is 268 g/mol. The normalized spacial score (nSPS) is 17.6. The van der Waals surface area contributed by atoms with Crippen LogP contribution < -0.4 is 5.73 Å². The average Bonchev–Trinajstić information content (AvgIpc) is 3.29. The molecule has 3 rings (SSSR count). The van der Waals surface area contributed by atoms with Crippen molar-refractivity contribution in [2.24, 2.45) is 5.73 Å². The van der Waals surface area contributed by atoms with Crippen molar-refractivity contribution in [3.8, 4) is 0 Å². The predicted octanol–water partition coefficient (Wildman–Crippen LogP) is 2.70. The van der Waals surface area contributed by atoms with Crippen LogP contribution in [0.1, 0.15) is 24.1 Å². The van der Waals surface area contributed by atoms with E-state index in [1.807, 2.05) is 42.6 Å². The molecule has 0 radical (unpaired) electrons. The zero-order valence-corrected chi connectivity index (χ0v) is 11.5. The maximum absolute atomic E-state index is 6.35. The summed E-state index contributed by atoms with van der Waals surface area (Å²) < 4.78 is 6.11. The van der Waals surface area contributed by atoms with Gasteiger partial charge in [0.1, 0.15) is 0 Å². The van der Waals surface area contributed by atoms with Gasteiger partial charge in [-0.3, -0.25) is 4.98 Å². The zero-order valence-electron chi connectivity index (χ0n) is 11.5. The van der Waals surface area contributed by atoms with Crippen LogP contribution in [0.25, 0.3) is 0 Å². The molecule has 104 valence electrons. The molecule has 2 aromatic rings. The van der Waals surface area contributed by atoms with Crippen LogP contribution in [0, 0.1) is 0 Å². The third-order valence-corrected chi connectivity index (χ3v) is 3.94. The van der Waals surface area contributed by atoms with Gasteiger partial charge in [-0.2, -0.15) is 0 Å². The van der Waals surface area contributed by atoms with Gasteiger partial charge in [-0.05, 0) is 30.5 Å². The molecule has 1 aliphatic carbocycles. The minimum atomic E-state index is -0.145. The summed E-state index contributed by atoms with van der Waals surface area (Å²) >= 11 is 0. The quantitative estimate of drug-likeness (QED) is 0.876. The lowest BCUT2D eigenvalue weighted by Crippen LogP contribution is -2.40. The Labute approximate surface area is 119 Å². The molecule has 1 aromatic carbocycles. The Bertz CT molecular complexity index is 537. The van der Waals surface area contributed by atoms with Gasteiger partial charge in [0.25, 0.3) is 0 Å². The molecule has 1 aliphatic rings. The topological polar surface area (TPSA) is 48.1 Å². The number of nitrogens with two attached hydrogens (primary N) is 1. The summed E-state index contributed by atoms with van der Waals surface area (Å²) in [5.41, 5.74) is 8.43. The van der Waals surface area contributed by atoms with Crippen LogP contribution in [-0.4, -0.2) is 16.6 Å². The number of pyridine rings is 1. The molecule has 3 heteroatoms. The van der Waals surface area contributed by atoms with Gasteiger partial charge in [0.15, 0.2) is 0 Å². The fraction of sp³-hybridized carbons (Fsp3) is 0.353. The molecule has 0 spiro atoms. The van der Waals surface area contributed by atoms with Crippen LogP contribution in [-0.2, 0) is 17.8 Å². The number of ether oxygens (including phenoxy) is 1. The minimum Gasteiger partial charge on any atom is -0.369 e. The molecule has 3 nitrogen and oxygen atoms in total. The third-order valence-electron chi connectivity index (χ3n) is 3.94. The first-order chi connectivity index (χ1) is 9.78. The molecule has 1 saturated carbocycles. The van der Waals surface area contributed by atoms with Crippen LogP contribution in [0.5, 0.6) is 0 Å². The first-order valence-corrected chi connectivity index (χ1v) is 7.12. The molecule has 1 heterocycles. The van der Waals surface area contributed by atoms with Gasteiger partial charge < -0.3 is 10.5 Å². The zero-order chi connectivity index (χ0) is 13.8. The lowest BCUT2D eigenvalue weighted by molar-refractivity contribution is 0.00218. The number of aromatic nitrogens is 1. The summed E-state index contributed by atoms with van der Waals surface area (Å²) in [5, 5.41) is 0. The smallest absolute Gasteiger partial charge is 0.0843 e. The van der Waals surface area contributed by atoms with E-state index in [1.54, 1.807) is 0 Å². The molecule has 20 heavy (non-hydrogen) atoms. The van der Waals surface area contributed by atoms with Gasteiger partial charge in [0, 0.05) is 24.4 Å². The minimum absolute atomic E-state index is 0.0149. The standard InChI is InChI=1S/C17H20N2O/c18-16(12-15-8-4-5-11-19-15)17(9-10-17)20-13-14-6-2-1-3-7-14/h1-8,11,16H,9-10,12-13,18H2/t16-/m0/s1. The summed E-state index contributed by atoms with van der Waals surface area (Å²) in [6.45, 7) is 0.636. The Balaban J connectivity index is 1.58. The van der Waals surface area contributed by atoms with Crippen molar-refractivity contribution in [2.45, 2.75) is 37.5 Å². The Kier molecular flexibility index (Phi) is 3.81. The van der Waals surface area contributed by atoms with E-state index in [1.165, 1.54) is 5.56 Å². The van der Waals surface area contributed by atoms with Crippen molar-refractivity contribution in [3.05, 3.63) is 66.0 Å². The Morgan fingerprint density at radius 2 is 1.85 bits per heavy atom. The molecule has 0 amide bonds.